The van der Waals surface area contributed by atoms with Crippen LogP contribution in [0.1, 0.15) is 51.4 Å². The smallest absolute Gasteiger partial charge is 0.223 e. The molecule has 2 unspecified atom stereocenters. The predicted octanol–water partition coefficient (Wildman–Crippen LogP) is 1.83. The Morgan fingerprint density at radius 1 is 1.11 bits per heavy atom. The van der Waals surface area contributed by atoms with Crippen molar-refractivity contribution in [3.8, 4) is 0 Å². The summed E-state index contributed by atoms with van der Waals surface area (Å²) in [6.07, 6.45) is 9.86. The summed E-state index contributed by atoms with van der Waals surface area (Å²) in [6, 6.07) is 0. The minimum absolute atomic E-state index is 0.130. The second kappa shape index (κ2) is 7.85. The molecule has 0 aromatic rings. The first-order chi connectivity index (χ1) is 9.31. The van der Waals surface area contributed by atoms with E-state index in [0.29, 0.717) is 31.7 Å². The molecule has 2 aliphatic rings. The number of hydrogen-bond acceptors (Lipinski definition) is 3. The van der Waals surface area contributed by atoms with Gasteiger partial charge in [-0.3, -0.25) is 4.79 Å². The van der Waals surface area contributed by atoms with Crippen molar-refractivity contribution in [2.75, 3.05) is 19.7 Å². The fourth-order valence-electron chi connectivity index (χ4n) is 3.42. The number of hydrogen-bond donors (Lipinski definition) is 2. The maximum absolute atomic E-state index is 12.1. The fraction of sp³-hybridized carbons (Fsp3) is 0.933. The van der Waals surface area contributed by atoms with Crippen LogP contribution in [0.2, 0.25) is 0 Å². The van der Waals surface area contributed by atoms with E-state index in [4.69, 9.17) is 10.5 Å². The maximum atomic E-state index is 12.1. The SMILES string of the molecule is NCC1CCCCC1C(=O)NCCOC1CCCC1. The van der Waals surface area contributed by atoms with Gasteiger partial charge in [-0.2, -0.15) is 0 Å². The van der Waals surface area contributed by atoms with Gasteiger partial charge in [-0.1, -0.05) is 25.7 Å². The number of rotatable bonds is 6. The van der Waals surface area contributed by atoms with Crippen molar-refractivity contribution < 1.29 is 9.53 Å². The summed E-state index contributed by atoms with van der Waals surface area (Å²) in [6.45, 7) is 1.93. The van der Waals surface area contributed by atoms with Gasteiger partial charge in [0.25, 0.3) is 0 Å². The van der Waals surface area contributed by atoms with Crippen LogP contribution >= 0.6 is 0 Å². The number of carbonyl (C=O) groups excluding carboxylic acids is 1. The number of nitrogens with one attached hydrogen (secondary N) is 1. The molecule has 2 atom stereocenters. The van der Waals surface area contributed by atoms with Crippen molar-refractivity contribution in [3.63, 3.8) is 0 Å². The van der Waals surface area contributed by atoms with Gasteiger partial charge in [0, 0.05) is 12.5 Å². The van der Waals surface area contributed by atoms with E-state index < -0.39 is 0 Å². The van der Waals surface area contributed by atoms with E-state index >= 15 is 0 Å². The molecule has 0 saturated heterocycles. The Kier molecular flexibility index (Phi) is 6.11. The Labute approximate surface area is 116 Å². The van der Waals surface area contributed by atoms with Crippen LogP contribution < -0.4 is 11.1 Å². The predicted molar refractivity (Wildman–Crippen MR) is 75.7 cm³/mol. The first-order valence-corrected chi connectivity index (χ1v) is 7.90. The van der Waals surface area contributed by atoms with E-state index in [0.717, 1.165) is 19.3 Å². The van der Waals surface area contributed by atoms with Gasteiger partial charge >= 0.3 is 0 Å². The molecule has 0 heterocycles. The maximum Gasteiger partial charge on any atom is 0.223 e. The zero-order valence-electron chi connectivity index (χ0n) is 11.9. The van der Waals surface area contributed by atoms with E-state index in [1.165, 1.54) is 32.1 Å². The molecular weight excluding hydrogens is 240 g/mol. The van der Waals surface area contributed by atoms with E-state index in [1.54, 1.807) is 0 Å². The van der Waals surface area contributed by atoms with Crippen LogP contribution in [0, 0.1) is 11.8 Å². The molecule has 4 heteroatoms. The van der Waals surface area contributed by atoms with Crippen molar-refractivity contribution in [2.24, 2.45) is 17.6 Å². The third kappa shape index (κ3) is 4.46. The summed E-state index contributed by atoms with van der Waals surface area (Å²) in [5.41, 5.74) is 5.76. The Bertz CT molecular complexity index is 277. The standard InChI is InChI=1S/C15H28N2O2/c16-11-12-5-1-4-8-14(12)15(18)17-9-10-19-13-6-2-3-7-13/h12-14H,1-11,16H2,(H,17,18). The van der Waals surface area contributed by atoms with Gasteiger partial charge in [-0.05, 0) is 38.1 Å². The van der Waals surface area contributed by atoms with Crippen LogP contribution in [0.4, 0.5) is 0 Å². The number of carbonyl (C=O) groups is 1. The highest BCUT2D eigenvalue weighted by Crippen LogP contribution is 2.29. The van der Waals surface area contributed by atoms with Gasteiger partial charge in [0.15, 0.2) is 0 Å². The fourth-order valence-corrected chi connectivity index (χ4v) is 3.42. The molecule has 110 valence electrons. The topological polar surface area (TPSA) is 64.4 Å². The van der Waals surface area contributed by atoms with Crippen LogP contribution in [0.3, 0.4) is 0 Å². The molecule has 3 N–H and O–H groups in total. The van der Waals surface area contributed by atoms with Crippen molar-refractivity contribution in [1.29, 1.82) is 0 Å². The minimum Gasteiger partial charge on any atom is -0.376 e. The highest BCUT2D eigenvalue weighted by molar-refractivity contribution is 5.79. The van der Waals surface area contributed by atoms with Gasteiger partial charge in [0.2, 0.25) is 5.91 Å². The van der Waals surface area contributed by atoms with Crippen molar-refractivity contribution in [1.82, 2.24) is 5.32 Å². The zero-order valence-corrected chi connectivity index (χ0v) is 11.9. The van der Waals surface area contributed by atoms with Gasteiger partial charge in [0.1, 0.15) is 0 Å². The molecule has 0 radical (unpaired) electrons. The molecule has 0 aromatic heterocycles. The van der Waals surface area contributed by atoms with Crippen LogP contribution in [-0.2, 0) is 9.53 Å². The lowest BCUT2D eigenvalue weighted by atomic mass is 9.79. The zero-order chi connectivity index (χ0) is 13.5. The summed E-state index contributed by atoms with van der Waals surface area (Å²) in [7, 11) is 0. The lowest BCUT2D eigenvalue weighted by Gasteiger charge is -2.29. The molecule has 0 aliphatic heterocycles. The highest BCUT2D eigenvalue weighted by Gasteiger charge is 2.29. The average Bonchev–Trinajstić information content (AvgIpc) is 2.96. The van der Waals surface area contributed by atoms with Crippen molar-refractivity contribution in [3.05, 3.63) is 0 Å². The molecule has 2 saturated carbocycles. The summed E-state index contributed by atoms with van der Waals surface area (Å²) in [5, 5.41) is 3.02. The first kappa shape index (κ1) is 14.8. The second-order valence-corrected chi connectivity index (χ2v) is 5.96. The van der Waals surface area contributed by atoms with Crippen LogP contribution in [0.15, 0.2) is 0 Å². The summed E-state index contributed by atoms with van der Waals surface area (Å²) < 4.78 is 5.75. The minimum atomic E-state index is 0.130. The molecule has 0 aromatic carbocycles. The molecule has 2 rings (SSSR count). The monoisotopic (exact) mass is 268 g/mol. The van der Waals surface area contributed by atoms with Gasteiger partial charge in [0.05, 0.1) is 12.7 Å². The summed E-state index contributed by atoms with van der Waals surface area (Å²) in [5.74, 6) is 0.694. The molecule has 0 spiro atoms. The number of ether oxygens (including phenoxy) is 1. The number of amides is 1. The normalized spacial score (nSPS) is 28.5. The van der Waals surface area contributed by atoms with Gasteiger partial charge in [-0.25, -0.2) is 0 Å². The Balaban J connectivity index is 1.62. The molecule has 19 heavy (non-hydrogen) atoms. The van der Waals surface area contributed by atoms with Gasteiger partial charge in [-0.15, -0.1) is 0 Å². The van der Waals surface area contributed by atoms with Gasteiger partial charge < -0.3 is 15.8 Å². The van der Waals surface area contributed by atoms with Crippen LogP contribution in [0.5, 0.6) is 0 Å². The van der Waals surface area contributed by atoms with Crippen molar-refractivity contribution >= 4 is 5.91 Å². The Morgan fingerprint density at radius 3 is 2.53 bits per heavy atom. The molecule has 2 fully saturated rings. The number of nitrogens with two attached hydrogens (primary N) is 1. The first-order valence-electron chi connectivity index (χ1n) is 7.90. The quantitative estimate of drug-likeness (QED) is 0.722. The summed E-state index contributed by atoms with van der Waals surface area (Å²) >= 11 is 0. The highest BCUT2D eigenvalue weighted by atomic mass is 16.5. The van der Waals surface area contributed by atoms with Crippen LogP contribution in [-0.4, -0.2) is 31.7 Å². The second-order valence-electron chi connectivity index (χ2n) is 5.96. The Hall–Kier alpha value is -0.610. The third-order valence-electron chi connectivity index (χ3n) is 4.61. The van der Waals surface area contributed by atoms with E-state index in [-0.39, 0.29) is 11.8 Å². The van der Waals surface area contributed by atoms with E-state index in [9.17, 15) is 4.79 Å². The Morgan fingerprint density at radius 2 is 1.79 bits per heavy atom. The lowest BCUT2D eigenvalue weighted by Crippen LogP contribution is -2.40. The molecule has 2 aliphatic carbocycles. The lowest BCUT2D eigenvalue weighted by molar-refractivity contribution is -0.128. The molecule has 4 nitrogen and oxygen atoms in total. The third-order valence-corrected chi connectivity index (χ3v) is 4.61. The van der Waals surface area contributed by atoms with E-state index in [2.05, 4.69) is 5.32 Å². The molecule has 0 bridgehead atoms. The molecule has 1 amide bonds. The van der Waals surface area contributed by atoms with Crippen LogP contribution in [0.25, 0.3) is 0 Å². The average molecular weight is 268 g/mol. The van der Waals surface area contributed by atoms with Crippen molar-refractivity contribution in [2.45, 2.75) is 57.5 Å². The van der Waals surface area contributed by atoms with E-state index in [1.807, 2.05) is 0 Å². The summed E-state index contributed by atoms with van der Waals surface area (Å²) in [4.78, 5) is 12.1. The molecular formula is C15H28N2O2. The largest absolute Gasteiger partial charge is 0.376 e.